The van der Waals surface area contributed by atoms with Crippen molar-refractivity contribution in [2.24, 2.45) is 0 Å². The Morgan fingerprint density at radius 1 is 0.301 bits per heavy atom. The predicted octanol–water partition coefficient (Wildman–Crippen LogP) is 14.6. The van der Waals surface area contributed by atoms with Crippen LogP contribution in [0.3, 0.4) is 0 Å². The third-order valence-corrected chi connectivity index (χ3v) is 18.5. The van der Waals surface area contributed by atoms with Gasteiger partial charge in [-0.1, -0.05) is 225 Å². The molecule has 3 N–H and O–H groups in total. The summed E-state index contributed by atoms with van der Waals surface area (Å²) in [4.78, 5) is 0. The molecular weight excluding hydrogens is 913 g/mol. The van der Waals surface area contributed by atoms with Crippen LogP contribution >= 0.6 is 0 Å². The second-order valence-electron chi connectivity index (χ2n) is 26.4. The number of phenols is 3. The zero-order valence-electron chi connectivity index (χ0n) is 46.2. The molecule has 0 unspecified atom stereocenters. The number of hydrogen-bond donors (Lipinski definition) is 3. The van der Waals surface area contributed by atoms with Gasteiger partial charge >= 0.3 is 8.56 Å². The Morgan fingerprint density at radius 2 is 0.493 bits per heavy atom. The van der Waals surface area contributed by atoms with Crippen LogP contribution in [0.15, 0.2) is 121 Å². The van der Waals surface area contributed by atoms with Gasteiger partial charge in [0.15, 0.2) is 0 Å². The average Bonchev–Trinajstić information content (AvgIpc) is 3.29. The fourth-order valence-corrected chi connectivity index (χ4v) is 13.8. The van der Waals surface area contributed by atoms with Crippen LogP contribution in [0.4, 0.5) is 0 Å². The topological polar surface area (TPSA) is 79.2 Å². The summed E-state index contributed by atoms with van der Waals surface area (Å²) in [6, 6.07) is 43.1. The quantitative estimate of drug-likeness (QED) is 0.150. The van der Waals surface area contributed by atoms with Crippen LogP contribution in [0, 0.1) is 0 Å². The summed E-state index contributed by atoms with van der Waals surface area (Å²) in [6.45, 7) is 33.5. The first kappa shape index (κ1) is 51.7. The van der Waals surface area contributed by atoms with Crippen molar-refractivity contribution in [2.45, 2.75) is 163 Å². The number of aromatic hydroxyl groups is 3. The molecule has 6 heteroatoms. The lowest BCUT2D eigenvalue weighted by Gasteiger charge is -2.38. The molecule has 12 bridgehead atoms. The third kappa shape index (κ3) is 10.2. The Labute approximate surface area is 437 Å². The highest BCUT2D eigenvalue weighted by atomic mass is 28.4. The van der Waals surface area contributed by atoms with E-state index in [0.29, 0.717) is 32.1 Å². The lowest BCUT2D eigenvalue weighted by molar-refractivity contribution is 0.401. The molecule has 0 saturated heterocycles. The summed E-state index contributed by atoms with van der Waals surface area (Å²) < 4.78 is 16.0. The van der Waals surface area contributed by atoms with E-state index in [1.807, 2.05) is 12.1 Å². The van der Waals surface area contributed by atoms with Crippen LogP contribution in [-0.2, 0) is 59.2 Å². The van der Waals surface area contributed by atoms with E-state index in [9.17, 15) is 15.3 Å². The maximum atomic E-state index is 12.9. The largest absolute Gasteiger partial charge is 0.531 e. The maximum Gasteiger partial charge on any atom is 0.531 e. The molecule has 10 rings (SSSR count). The van der Waals surface area contributed by atoms with Crippen LogP contribution in [0.2, 0.25) is 0 Å². The Morgan fingerprint density at radius 3 is 0.712 bits per heavy atom. The van der Waals surface area contributed by atoms with Gasteiger partial charge in [-0.25, -0.2) is 0 Å². The summed E-state index contributed by atoms with van der Waals surface area (Å²) in [6.07, 6.45) is 1.94. The fraction of sp³-hybridized carbons (Fsp3) is 0.373. The van der Waals surface area contributed by atoms with Crippen molar-refractivity contribution in [1.82, 2.24) is 0 Å². The summed E-state index contributed by atoms with van der Waals surface area (Å²) in [7, 11) is -3.80. The minimum Gasteiger partial charge on any atom is -0.507 e. The van der Waals surface area contributed by atoms with E-state index in [-0.39, 0.29) is 44.3 Å². The van der Waals surface area contributed by atoms with Crippen molar-refractivity contribution in [1.29, 1.82) is 0 Å². The molecule has 2 aliphatic heterocycles. The molecule has 1 aliphatic carbocycles. The minimum absolute atomic E-state index is 0.181. The molecule has 73 heavy (non-hydrogen) atoms. The SMILES string of the molecule is CC(C)(C)c1cc2c(O)c(c1)Cc1cc(C(C)(C)C)cc(c1O)Cc1cc(C(C)(C)C)cc3c1O[Si](c1ccccc1)(c1ccccc1)Oc1c(cc(C(C)(C)C)cc1C3)Cc1cc(C(C)(C)C)cc(c1O)C2. The summed E-state index contributed by atoms with van der Waals surface area (Å²) in [5, 5.41) is 40.2. The van der Waals surface area contributed by atoms with Gasteiger partial charge in [-0.15, -0.1) is 0 Å². The molecule has 380 valence electrons. The third-order valence-electron chi connectivity index (χ3n) is 15.3. The van der Waals surface area contributed by atoms with E-state index in [2.05, 4.69) is 213 Å². The van der Waals surface area contributed by atoms with Crippen molar-refractivity contribution in [3.63, 3.8) is 0 Å². The molecule has 0 aromatic heterocycles. The molecule has 0 spiro atoms. The van der Waals surface area contributed by atoms with Gasteiger partial charge in [0.2, 0.25) is 0 Å². The molecule has 5 nitrogen and oxygen atoms in total. The molecular formula is C67H78O5Si. The molecule has 0 atom stereocenters. The van der Waals surface area contributed by atoms with E-state index in [0.717, 1.165) is 94.2 Å². The average molecular weight is 991 g/mol. The van der Waals surface area contributed by atoms with Crippen molar-refractivity contribution >= 4 is 18.9 Å². The van der Waals surface area contributed by atoms with Crippen LogP contribution in [0.5, 0.6) is 28.7 Å². The minimum atomic E-state index is -3.80. The zero-order chi connectivity index (χ0) is 52.8. The summed E-state index contributed by atoms with van der Waals surface area (Å²) in [5.74, 6) is 2.15. The first-order valence-corrected chi connectivity index (χ1v) is 28.2. The number of phenolic OH excluding ortho intramolecular Hbond substituents is 3. The van der Waals surface area contributed by atoms with Gasteiger partial charge in [-0.3, -0.25) is 0 Å². The standard InChI is InChI=1S/C67H78O5Si/c1-63(2,3)51-31-41-26-43-33-52(64(4,5)6)35-45(59(43)69)28-47-37-54(66(10,11)12)39-49-30-50-40-55(67(13,14)15)38-48(29-46-36-53(65(7,8)9)34-44(60(46)70)27-42(32-51)58(41)68)62(50)72-73(71-61(47)49,56-22-18-16-19-23-56)57-24-20-17-21-25-57/h16-25,31-40,68-70H,26-30H2,1-15H3. The lowest BCUT2D eigenvalue weighted by Crippen LogP contribution is -2.68. The molecule has 3 aliphatic rings. The van der Waals surface area contributed by atoms with Crippen molar-refractivity contribution in [3.05, 3.63) is 205 Å². The smallest absolute Gasteiger partial charge is 0.507 e. The predicted molar refractivity (Wildman–Crippen MR) is 304 cm³/mol. The first-order valence-electron chi connectivity index (χ1n) is 26.4. The van der Waals surface area contributed by atoms with Gasteiger partial charge in [-0.2, -0.15) is 0 Å². The Bertz CT molecular complexity index is 3030. The highest BCUT2D eigenvalue weighted by Crippen LogP contribution is 2.46. The van der Waals surface area contributed by atoms with E-state index < -0.39 is 8.56 Å². The van der Waals surface area contributed by atoms with E-state index >= 15 is 0 Å². The van der Waals surface area contributed by atoms with Crippen molar-refractivity contribution < 1.29 is 24.2 Å². The summed E-state index contributed by atoms with van der Waals surface area (Å²) in [5.41, 5.74) is 13.0. The van der Waals surface area contributed by atoms with E-state index in [1.165, 1.54) is 11.1 Å². The first-order chi connectivity index (χ1) is 34.0. The highest BCUT2D eigenvalue weighted by molar-refractivity contribution is 6.93. The molecule has 0 amide bonds. The van der Waals surface area contributed by atoms with Crippen LogP contribution in [0.25, 0.3) is 0 Å². The molecule has 7 aromatic carbocycles. The second kappa shape index (κ2) is 18.3. The molecule has 0 radical (unpaired) electrons. The van der Waals surface area contributed by atoms with E-state index in [1.54, 1.807) is 0 Å². The van der Waals surface area contributed by atoms with Crippen LogP contribution in [-0.4, -0.2) is 23.9 Å². The van der Waals surface area contributed by atoms with Gasteiger partial charge in [0, 0.05) is 42.5 Å². The monoisotopic (exact) mass is 991 g/mol. The molecule has 0 fully saturated rings. The van der Waals surface area contributed by atoms with Crippen LogP contribution < -0.4 is 19.2 Å². The van der Waals surface area contributed by atoms with Crippen molar-refractivity contribution in [3.8, 4) is 28.7 Å². The molecule has 0 saturated carbocycles. The highest BCUT2D eigenvalue weighted by Gasteiger charge is 2.50. The second-order valence-corrected chi connectivity index (χ2v) is 29.2. The normalized spacial score (nSPS) is 15.0. The number of rotatable bonds is 2. The number of hydrogen-bond acceptors (Lipinski definition) is 5. The number of benzene rings is 7. The van der Waals surface area contributed by atoms with Gasteiger partial charge in [0.1, 0.15) is 28.7 Å². The van der Waals surface area contributed by atoms with Crippen LogP contribution in [0.1, 0.15) is 187 Å². The lowest BCUT2D eigenvalue weighted by atomic mass is 9.79. The Balaban J connectivity index is 1.47. The van der Waals surface area contributed by atoms with Gasteiger partial charge < -0.3 is 24.2 Å². The maximum absolute atomic E-state index is 12.9. The van der Waals surface area contributed by atoms with E-state index in [4.69, 9.17) is 8.85 Å². The Hall–Kier alpha value is -6.24. The fourth-order valence-electron chi connectivity index (χ4n) is 10.6. The van der Waals surface area contributed by atoms with Gasteiger partial charge in [0.05, 0.1) is 0 Å². The zero-order valence-corrected chi connectivity index (χ0v) is 47.2. The summed E-state index contributed by atoms with van der Waals surface area (Å²) >= 11 is 0. The van der Waals surface area contributed by atoms with Crippen molar-refractivity contribution in [2.75, 3.05) is 0 Å². The molecule has 2 heterocycles. The van der Waals surface area contributed by atoms with Gasteiger partial charge in [0.25, 0.3) is 0 Å². The number of fused-ring (bicyclic) bond motifs is 2. The Kier molecular flexibility index (Phi) is 12.9. The molecule has 7 aromatic rings. The van der Waals surface area contributed by atoms with Gasteiger partial charge in [-0.05, 0) is 111 Å².